The van der Waals surface area contributed by atoms with Crippen molar-refractivity contribution in [3.05, 3.63) is 64.0 Å². The number of ether oxygens (including phenoxy) is 1. The molecule has 0 atom stereocenters. The number of nitro groups is 1. The Labute approximate surface area is 154 Å². The number of nitrogens with one attached hydrogen (secondary N) is 1. The molecule has 0 aromatic heterocycles. The van der Waals surface area contributed by atoms with Crippen LogP contribution in [0.15, 0.2) is 42.5 Å². The minimum absolute atomic E-state index is 0.0249. The Morgan fingerprint density at radius 1 is 1.22 bits per heavy atom. The van der Waals surface area contributed by atoms with Gasteiger partial charge in [-0.3, -0.25) is 19.7 Å². The summed E-state index contributed by atoms with van der Waals surface area (Å²) in [6, 6.07) is 9.59. The highest BCUT2D eigenvalue weighted by Crippen LogP contribution is 2.27. The first-order chi connectivity index (χ1) is 12.8. The van der Waals surface area contributed by atoms with Crippen LogP contribution in [0.2, 0.25) is 0 Å². The standard InChI is InChI=1S/C18H18FN3O5/c1-12-3-8-16(15(9-12)22(25)26)27-11-18(24)21(2)10-17(23)20-14-6-4-13(19)5-7-14/h3-9H,10-11H2,1-2H3,(H,20,23). The van der Waals surface area contributed by atoms with Gasteiger partial charge in [0.15, 0.2) is 12.4 Å². The van der Waals surface area contributed by atoms with Gasteiger partial charge in [-0.25, -0.2) is 4.39 Å². The average molecular weight is 375 g/mol. The summed E-state index contributed by atoms with van der Waals surface area (Å²) in [7, 11) is 1.40. The molecular formula is C18H18FN3O5. The SMILES string of the molecule is Cc1ccc(OCC(=O)N(C)CC(=O)Nc2ccc(F)cc2)c([N+](=O)[O-])c1. The smallest absolute Gasteiger partial charge is 0.311 e. The van der Waals surface area contributed by atoms with E-state index in [0.717, 1.165) is 4.90 Å². The van der Waals surface area contributed by atoms with Crippen molar-refractivity contribution in [1.29, 1.82) is 0 Å². The van der Waals surface area contributed by atoms with Crippen LogP contribution in [0.4, 0.5) is 15.8 Å². The summed E-state index contributed by atoms with van der Waals surface area (Å²) in [5, 5.41) is 13.6. The van der Waals surface area contributed by atoms with E-state index in [4.69, 9.17) is 4.74 Å². The van der Waals surface area contributed by atoms with Gasteiger partial charge in [0.25, 0.3) is 5.91 Å². The molecule has 2 rings (SSSR count). The number of rotatable bonds is 7. The quantitative estimate of drug-likeness (QED) is 0.592. The molecule has 0 aliphatic carbocycles. The molecule has 27 heavy (non-hydrogen) atoms. The lowest BCUT2D eigenvalue weighted by Gasteiger charge is -2.17. The van der Waals surface area contributed by atoms with Crippen molar-refractivity contribution in [1.82, 2.24) is 4.90 Å². The Balaban J connectivity index is 1.89. The van der Waals surface area contributed by atoms with Gasteiger partial charge in [-0.05, 0) is 42.8 Å². The first-order valence-corrected chi connectivity index (χ1v) is 7.93. The molecule has 2 amide bonds. The highest BCUT2D eigenvalue weighted by Gasteiger charge is 2.18. The largest absolute Gasteiger partial charge is 0.477 e. The molecule has 0 saturated carbocycles. The number of aryl methyl sites for hydroxylation is 1. The fraction of sp³-hybridized carbons (Fsp3) is 0.222. The summed E-state index contributed by atoms with van der Waals surface area (Å²) >= 11 is 0. The molecule has 0 aliphatic rings. The van der Waals surface area contributed by atoms with Crippen LogP contribution >= 0.6 is 0 Å². The number of anilines is 1. The lowest BCUT2D eigenvalue weighted by molar-refractivity contribution is -0.385. The minimum Gasteiger partial charge on any atom is -0.477 e. The van der Waals surface area contributed by atoms with E-state index >= 15 is 0 Å². The molecule has 0 unspecified atom stereocenters. The lowest BCUT2D eigenvalue weighted by Crippen LogP contribution is -2.37. The molecule has 0 radical (unpaired) electrons. The van der Waals surface area contributed by atoms with Crippen molar-refractivity contribution in [3.63, 3.8) is 0 Å². The van der Waals surface area contributed by atoms with E-state index in [1.807, 2.05) is 0 Å². The minimum atomic E-state index is -0.591. The molecule has 0 saturated heterocycles. The summed E-state index contributed by atoms with van der Waals surface area (Å²) in [6.45, 7) is 0.995. The first kappa shape index (κ1) is 19.8. The Kier molecular flexibility index (Phi) is 6.42. The van der Waals surface area contributed by atoms with Gasteiger partial charge in [0, 0.05) is 18.8 Å². The molecule has 142 valence electrons. The van der Waals surface area contributed by atoms with E-state index < -0.39 is 29.2 Å². The van der Waals surface area contributed by atoms with Crippen molar-refractivity contribution in [2.45, 2.75) is 6.92 Å². The zero-order valence-corrected chi connectivity index (χ0v) is 14.8. The number of benzene rings is 2. The van der Waals surface area contributed by atoms with E-state index in [2.05, 4.69) is 5.32 Å². The molecule has 0 bridgehead atoms. The predicted octanol–water partition coefficient (Wildman–Crippen LogP) is 2.52. The van der Waals surface area contributed by atoms with Gasteiger partial charge < -0.3 is 15.0 Å². The van der Waals surface area contributed by atoms with Gasteiger partial charge in [0.1, 0.15) is 5.82 Å². The van der Waals surface area contributed by atoms with Crippen molar-refractivity contribution in [2.24, 2.45) is 0 Å². The van der Waals surface area contributed by atoms with E-state index in [-0.39, 0.29) is 18.0 Å². The number of hydrogen-bond donors (Lipinski definition) is 1. The van der Waals surface area contributed by atoms with Crippen molar-refractivity contribution in [2.75, 3.05) is 25.5 Å². The maximum absolute atomic E-state index is 12.8. The summed E-state index contributed by atoms with van der Waals surface area (Å²) in [5.41, 5.74) is 0.850. The highest BCUT2D eigenvalue weighted by molar-refractivity contribution is 5.94. The predicted molar refractivity (Wildman–Crippen MR) is 96.0 cm³/mol. The van der Waals surface area contributed by atoms with Crippen LogP contribution in [0.25, 0.3) is 0 Å². The Hall–Kier alpha value is -3.49. The van der Waals surface area contributed by atoms with Gasteiger partial charge >= 0.3 is 5.69 Å². The Morgan fingerprint density at radius 3 is 2.52 bits per heavy atom. The fourth-order valence-electron chi connectivity index (χ4n) is 2.18. The van der Waals surface area contributed by atoms with Crippen molar-refractivity contribution < 1.29 is 23.6 Å². The van der Waals surface area contributed by atoms with Crippen LogP contribution in [-0.4, -0.2) is 41.8 Å². The van der Waals surface area contributed by atoms with E-state index in [1.54, 1.807) is 13.0 Å². The highest BCUT2D eigenvalue weighted by atomic mass is 19.1. The fourth-order valence-corrected chi connectivity index (χ4v) is 2.18. The van der Waals surface area contributed by atoms with Crippen LogP contribution in [0.1, 0.15) is 5.56 Å². The second-order valence-corrected chi connectivity index (χ2v) is 5.82. The zero-order valence-electron chi connectivity index (χ0n) is 14.8. The molecule has 9 heteroatoms. The number of nitrogens with zero attached hydrogens (tertiary/aromatic N) is 2. The molecule has 0 heterocycles. The van der Waals surface area contributed by atoms with Crippen LogP contribution in [-0.2, 0) is 9.59 Å². The van der Waals surface area contributed by atoms with Gasteiger partial charge in [0.05, 0.1) is 11.5 Å². The number of hydrogen-bond acceptors (Lipinski definition) is 5. The summed E-state index contributed by atoms with van der Waals surface area (Å²) in [6.07, 6.45) is 0. The molecule has 1 N–H and O–H groups in total. The lowest BCUT2D eigenvalue weighted by atomic mass is 10.2. The number of carbonyl (C=O) groups excluding carboxylic acids is 2. The molecule has 0 aliphatic heterocycles. The molecule has 2 aromatic carbocycles. The second kappa shape index (κ2) is 8.75. The molecular weight excluding hydrogens is 357 g/mol. The first-order valence-electron chi connectivity index (χ1n) is 7.93. The van der Waals surface area contributed by atoms with Crippen LogP contribution < -0.4 is 10.1 Å². The third-order valence-electron chi connectivity index (χ3n) is 3.60. The number of likely N-dealkylation sites (N-methyl/N-ethyl adjacent to an activating group) is 1. The Morgan fingerprint density at radius 2 is 1.89 bits per heavy atom. The van der Waals surface area contributed by atoms with Gasteiger partial charge in [-0.1, -0.05) is 6.07 Å². The Bertz CT molecular complexity index is 855. The summed E-state index contributed by atoms with van der Waals surface area (Å²) in [4.78, 5) is 35.6. The van der Waals surface area contributed by atoms with Crippen LogP contribution in [0, 0.1) is 22.9 Å². The molecule has 0 fully saturated rings. The number of halogens is 1. The summed E-state index contributed by atoms with van der Waals surface area (Å²) in [5.74, 6) is -1.45. The third-order valence-corrected chi connectivity index (χ3v) is 3.60. The van der Waals surface area contributed by atoms with E-state index in [0.29, 0.717) is 11.3 Å². The second-order valence-electron chi connectivity index (χ2n) is 5.82. The topological polar surface area (TPSA) is 102 Å². The maximum Gasteiger partial charge on any atom is 0.311 e. The molecule has 2 aromatic rings. The number of amides is 2. The van der Waals surface area contributed by atoms with E-state index in [1.165, 1.54) is 43.4 Å². The van der Waals surface area contributed by atoms with Crippen molar-refractivity contribution in [3.8, 4) is 5.75 Å². The third kappa shape index (κ3) is 5.77. The van der Waals surface area contributed by atoms with Gasteiger partial charge in [-0.2, -0.15) is 0 Å². The molecule has 0 spiro atoms. The average Bonchev–Trinajstić information content (AvgIpc) is 2.62. The van der Waals surface area contributed by atoms with Gasteiger partial charge in [0.2, 0.25) is 5.91 Å². The molecule has 8 nitrogen and oxygen atoms in total. The number of nitro benzene ring substituents is 1. The van der Waals surface area contributed by atoms with Gasteiger partial charge in [-0.15, -0.1) is 0 Å². The van der Waals surface area contributed by atoms with E-state index in [9.17, 15) is 24.1 Å². The van der Waals surface area contributed by atoms with Crippen LogP contribution in [0.3, 0.4) is 0 Å². The zero-order chi connectivity index (χ0) is 20.0. The monoisotopic (exact) mass is 375 g/mol. The van der Waals surface area contributed by atoms with Crippen LogP contribution in [0.5, 0.6) is 5.75 Å². The summed E-state index contributed by atoms with van der Waals surface area (Å²) < 4.78 is 18.1. The van der Waals surface area contributed by atoms with Crippen molar-refractivity contribution >= 4 is 23.2 Å². The number of carbonyl (C=O) groups is 2. The maximum atomic E-state index is 12.8. The normalized spacial score (nSPS) is 10.2.